The lowest BCUT2D eigenvalue weighted by Crippen LogP contribution is -2.22. The Morgan fingerprint density at radius 3 is 2.52 bits per heavy atom. The molecule has 2 aromatic carbocycles. The van der Waals surface area contributed by atoms with Gasteiger partial charge in [-0.05, 0) is 37.3 Å². The van der Waals surface area contributed by atoms with Crippen molar-refractivity contribution >= 4 is 17.8 Å². The topological polar surface area (TPSA) is 91.3 Å². The van der Waals surface area contributed by atoms with E-state index in [0.717, 1.165) is 0 Å². The maximum absolute atomic E-state index is 12.6. The predicted molar refractivity (Wildman–Crippen MR) is 96.6 cm³/mol. The first kappa shape index (κ1) is 18.3. The summed E-state index contributed by atoms with van der Waals surface area (Å²) in [7, 11) is 3.08. The van der Waals surface area contributed by atoms with Crippen molar-refractivity contribution in [1.82, 2.24) is 0 Å². The van der Waals surface area contributed by atoms with Gasteiger partial charge in [0, 0.05) is 17.7 Å². The summed E-state index contributed by atoms with van der Waals surface area (Å²) < 4.78 is 21.5. The largest absolute Gasteiger partial charge is 0.497 e. The zero-order valence-corrected chi connectivity index (χ0v) is 15.0. The van der Waals surface area contributed by atoms with Gasteiger partial charge in [0.1, 0.15) is 23.0 Å². The van der Waals surface area contributed by atoms with Crippen molar-refractivity contribution in [2.45, 2.75) is 13.0 Å². The second-order valence-corrected chi connectivity index (χ2v) is 5.80. The summed E-state index contributed by atoms with van der Waals surface area (Å²) in [6, 6.07) is 9.80. The molecule has 0 bridgehead atoms. The number of carbonyl (C=O) groups is 2. The van der Waals surface area contributed by atoms with Crippen LogP contribution in [0, 0.1) is 0 Å². The molecule has 7 heteroatoms. The molecule has 0 radical (unpaired) electrons. The summed E-state index contributed by atoms with van der Waals surface area (Å²) in [5.41, 5.74) is 1.04. The Bertz CT molecular complexity index is 930. The Hall–Kier alpha value is -3.48. The Balaban J connectivity index is 1.88. The van der Waals surface area contributed by atoms with E-state index in [9.17, 15) is 9.59 Å². The van der Waals surface area contributed by atoms with Crippen LogP contribution in [0.3, 0.4) is 0 Å². The van der Waals surface area contributed by atoms with E-state index in [0.29, 0.717) is 34.1 Å². The quantitative estimate of drug-likeness (QED) is 0.781. The van der Waals surface area contributed by atoms with Crippen molar-refractivity contribution in [2.75, 3.05) is 14.2 Å². The highest BCUT2D eigenvalue weighted by molar-refractivity contribution is 6.14. The van der Waals surface area contributed by atoms with Gasteiger partial charge in [0.05, 0.1) is 19.8 Å². The molecule has 1 aliphatic rings. The van der Waals surface area contributed by atoms with E-state index in [1.54, 1.807) is 37.5 Å². The van der Waals surface area contributed by atoms with Gasteiger partial charge in [0.2, 0.25) is 5.78 Å². The lowest BCUT2D eigenvalue weighted by Gasteiger charge is -2.10. The van der Waals surface area contributed by atoms with Crippen molar-refractivity contribution in [3.63, 3.8) is 0 Å². The molecule has 1 aliphatic heterocycles. The molecule has 1 heterocycles. The molecule has 7 nitrogen and oxygen atoms in total. The van der Waals surface area contributed by atoms with E-state index in [1.807, 2.05) is 0 Å². The van der Waals surface area contributed by atoms with Gasteiger partial charge in [-0.1, -0.05) is 0 Å². The fraction of sp³-hybridized carbons (Fsp3) is 0.200. The highest BCUT2D eigenvalue weighted by atomic mass is 16.5. The number of methoxy groups -OCH3 is 2. The van der Waals surface area contributed by atoms with Crippen LogP contribution in [0.25, 0.3) is 6.08 Å². The fourth-order valence-electron chi connectivity index (χ4n) is 2.57. The van der Waals surface area contributed by atoms with Crippen molar-refractivity contribution in [3.05, 3.63) is 53.3 Å². The first-order valence-corrected chi connectivity index (χ1v) is 8.12. The average molecular weight is 370 g/mol. The van der Waals surface area contributed by atoms with E-state index < -0.39 is 12.1 Å². The minimum atomic E-state index is -1.08. The Morgan fingerprint density at radius 1 is 1.11 bits per heavy atom. The second-order valence-electron chi connectivity index (χ2n) is 5.80. The zero-order valence-electron chi connectivity index (χ0n) is 15.0. The van der Waals surface area contributed by atoms with Gasteiger partial charge in [-0.25, -0.2) is 4.79 Å². The number of hydrogen-bond donors (Lipinski definition) is 1. The van der Waals surface area contributed by atoms with E-state index in [-0.39, 0.29) is 11.5 Å². The summed E-state index contributed by atoms with van der Waals surface area (Å²) in [6.45, 7) is 1.42. The third-order valence-electron chi connectivity index (χ3n) is 4.03. The van der Waals surface area contributed by atoms with Crippen LogP contribution in [-0.2, 0) is 4.79 Å². The van der Waals surface area contributed by atoms with E-state index in [4.69, 9.17) is 24.1 Å². The van der Waals surface area contributed by atoms with Crippen molar-refractivity contribution in [3.8, 4) is 23.0 Å². The van der Waals surface area contributed by atoms with Gasteiger partial charge in [-0.3, -0.25) is 4.79 Å². The van der Waals surface area contributed by atoms with Crippen molar-refractivity contribution < 1.29 is 33.6 Å². The third kappa shape index (κ3) is 3.72. The molecule has 0 aromatic heterocycles. The first-order valence-electron chi connectivity index (χ1n) is 8.12. The van der Waals surface area contributed by atoms with Crippen LogP contribution in [0.5, 0.6) is 23.0 Å². The van der Waals surface area contributed by atoms with E-state index in [1.165, 1.54) is 26.2 Å². The molecule has 2 aromatic rings. The smallest absolute Gasteiger partial charge is 0.344 e. The van der Waals surface area contributed by atoms with E-state index in [2.05, 4.69) is 0 Å². The van der Waals surface area contributed by atoms with Crippen LogP contribution in [0.1, 0.15) is 22.8 Å². The van der Waals surface area contributed by atoms with Gasteiger partial charge in [0.25, 0.3) is 0 Å². The molecule has 0 spiro atoms. The van der Waals surface area contributed by atoms with Crippen molar-refractivity contribution in [1.29, 1.82) is 0 Å². The SMILES string of the molecule is COc1ccc(/C=C2\Oc3cc(O[C@H](C)C(=O)O)ccc3C2=O)c(OC)c1. The number of hydrogen-bond acceptors (Lipinski definition) is 6. The number of carbonyl (C=O) groups excluding carboxylic acids is 1. The first-order chi connectivity index (χ1) is 12.9. The molecule has 0 saturated heterocycles. The van der Waals surface area contributed by atoms with Gasteiger partial charge in [0.15, 0.2) is 11.9 Å². The monoisotopic (exact) mass is 370 g/mol. The Morgan fingerprint density at radius 2 is 1.85 bits per heavy atom. The van der Waals surface area contributed by atoms with Gasteiger partial charge < -0.3 is 24.1 Å². The van der Waals surface area contributed by atoms with Gasteiger partial charge in [-0.2, -0.15) is 0 Å². The lowest BCUT2D eigenvalue weighted by atomic mass is 10.1. The maximum atomic E-state index is 12.6. The number of carboxylic acid groups (broad SMARTS) is 1. The number of benzene rings is 2. The minimum absolute atomic E-state index is 0.136. The van der Waals surface area contributed by atoms with E-state index >= 15 is 0 Å². The number of allylic oxidation sites excluding steroid dienone is 1. The molecular weight excluding hydrogens is 352 g/mol. The van der Waals surface area contributed by atoms with Crippen LogP contribution in [-0.4, -0.2) is 37.2 Å². The third-order valence-corrected chi connectivity index (χ3v) is 4.03. The number of aliphatic carboxylic acids is 1. The standard InChI is InChI=1S/C20H18O7/c1-11(20(22)23)26-14-6-7-15-17(10-14)27-18(19(15)21)8-12-4-5-13(24-2)9-16(12)25-3/h4-11H,1-3H3,(H,22,23)/b18-8-/t11-/m1/s1. The Kier molecular flexibility index (Phi) is 5.03. The average Bonchev–Trinajstić information content (AvgIpc) is 2.97. The van der Waals surface area contributed by atoms with Gasteiger partial charge >= 0.3 is 5.97 Å². The number of rotatable bonds is 6. The molecule has 3 rings (SSSR count). The minimum Gasteiger partial charge on any atom is -0.497 e. The molecular formula is C20H18O7. The molecule has 0 unspecified atom stereocenters. The zero-order chi connectivity index (χ0) is 19.6. The van der Waals surface area contributed by atoms with Crippen LogP contribution >= 0.6 is 0 Å². The number of ether oxygens (including phenoxy) is 4. The number of Topliss-reactive ketones (excluding diaryl/α,β-unsaturated/α-hetero) is 1. The highest BCUT2D eigenvalue weighted by Crippen LogP contribution is 2.36. The molecule has 1 atom stereocenters. The maximum Gasteiger partial charge on any atom is 0.344 e. The second kappa shape index (κ2) is 7.41. The van der Waals surface area contributed by atoms with Crippen molar-refractivity contribution in [2.24, 2.45) is 0 Å². The summed E-state index contributed by atoms with van der Waals surface area (Å²) in [6.07, 6.45) is 0.569. The number of carboxylic acids is 1. The van der Waals surface area contributed by atoms with Crippen LogP contribution in [0.4, 0.5) is 0 Å². The number of fused-ring (bicyclic) bond motifs is 1. The normalized spacial score (nSPS) is 15.1. The summed E-state index contributed by atoms with van der Waals surface area (Å²) in [5.74, 6) is 0.560. The summed E-state index contributed by atoms with van der Waals surface area (Å²) >= 11 is 0. The van der Waals surface area contributed by atoms with Crippen LogP contribution < -0.4 is 18.9 Å². The number of ketones is 1. The molecule has 0 amide bonds. The lowest BCUT2D eigenvalue weighted by molar-refractivity contribution is -0.144. The molecule has 0 saturated carbocycles. The highest BCUT2D eigenvalue weighted by Gasteiger charge is 2.28. The van der Waals surface area contributed by atoms with Crippen LogP contribution in [0.15, 0.2) is 42.2 Å². The molecule has 1 N–H and O–H groups in total. The van der Waals surface area contributed by atoms with Gasteiger partial charge in [-0.15, -0.1) is 0 Å². The molecule has 0 fully saturated rings. The molecule has 0 aliphatic carbocycles. The molecule has 27 heavy (non-hydrogen) atoms. The fourth-order valence-corrected chi connectivity index (χ4v) is 2.57. The summed E-state index contributed by atoms with van der Waals surface area (Å²) in [4.78, 5) is 23.5. The predicted octanol–water partition coefficient (Wildman–Crippen LogP) is 3.17. The Labute approximate surface area is 155 Å². The van der Waals surface area contributed by atoms with Crippen LogP contribution in [0.2, 0.25) is 0 Å². The molecule has 140 valence electrons. The summed E-state index contributed by atoms with van der Waals surface area (Å²) in [5, 5.41) is 8.93.